The number of aliphatic hydroxyl groups is 1. The van der Waals surface area contributed by atoms with E-state index in [1.54, 1.807) is 14.0 Å². The lowest BCUT2D eigenvalue weighted by atomic mass is 10.1. The first-order valence-electron chi connectivity index (χ1n) is 7.58. The van der Waals surface area contributed by atoms with Crippen molar-refractivity contribution in [2.24, 2.45) is 7.05 Å². The normalized spacial score (nSPS) is 12.8. The minimum absolute atomic E-state index is 0.278. The molecule has 0 saturated heterocycles. The molecule has 120 valence electrons. The van der Waals surface area contributed by atoms with Gasteiger partial charge >= 0.3 is 5.69 Å². The van der Waals surface area contributed by atoms with E-state index < -0.39 is 0 Å². The third kappa shape index (κ3) is 3.11. The Balaban J connectivity index is 2.48. The highest BCUT2D eigenvalue weighted by molar-refractivity contribution is 5.78. The highest BCUT2D eigenvalue weighted by Gasteiger charge is 2.14. The number of unbranched alkanes of at least 4 members (excludes halogenated alkanes) is 1. The minimum Gasteiger partial charge on any atom is -0.393 e. The molecule has 0 aliphatic heterocycles. The first-order valence-corrected chi connectivity index (χ1v) is 7.58. The van der Waals surface area contributed by atoms with Gasteiger partial charge < -0.3 is 5.11 Å². The summed E-state index contributed by atoms with van der Waals surface area (Å²) < 4.78 is 2.71. The van der Waals surface area contributed by atoms with Gasteiger partial charge in [0.05, 0.1) is 11.5 Å². The molecule has 0 aliphatic rings. The molecule has 0 spiro atoms. The molecule has 0 radical (unpaired) electrons. The number of rotatable bonds is 5. The Labute approximate surface area is 129 Å². The van der Waals surface area contributed by atoms with Gasteiger partial charge in [-0.2, -0.15) is 0 Å². The third-order valence-corrected chi connectivity index (χ3v) is 3.87. The van der Waals surface area contributed by atoms with Gasteiger partial charge in [-0.05, 0) is 51.7 Å². The molecular formula is C16H23N3O3. The Morgan fingerprint density at radius 3 is 2.59 bits per heavy atom. The number of hydrogen-bond donors (Lipinski definition) is 1. The lowest BCUT2D eigenvalue weighted by Crippen LogP contribution is -2.39. The average Bonchev–Trinajstić information content (AvgIpc) is 2.43. The van der Waals surface area contributed by atoms with Gasteiger partial charge in [-0.15, -0.1) is 0 Å². The van der Waals surface area contributed by atoms with Crippen molar-refractivity contribution >= 4 is 11.0 Å². The van der Waals surface area contributed by atoms with Crippen LogP contribution in [-0.2, 0) is 13.6 Å². The molecule has 0 aliphatic carbocycles. The second-order valence-corrected chi connectivity index (χ2v) is 5.92. The van der Waals surface area contributed by atoms with Crippen LogP contribution in [0.1, 0.15) is 37.4 Å². The van der Waals surface area contributed by atoms with E-state index in [0.29, 0.717) is 30.4 Å². The molecule has 2 aromatic rings. The van der Waals surface area contributed by atoms with E-state index in [2.05, 4.69) is 4.98 Å². The SMILES string of the molecule is Cc1cc(C)c2c(=O)n(CCCCC(C)O)c(=O)n(C)c2n1. The van der Waals surface area contributed by atoms with E-state index in [1.165, 1.54) is 9.13 Å². The van der Waals surface area contributed by atoms with E-state index in [-0.39, 0.29) is 17.4 Å². The number of aromatic nitrogens is 3. The monoisotopic (exact) mass is 305 g/mol. The summed E-state index contributed by atoms with van der Waals surface area (Å²) in [6.07, 6.45) is 1.77. The highest BCUT2D eigenvalue weighted by atomic mass is 16.3. The third-order valence-electron chi connectivity index (χ3n) is 3.87. The van der Waals surface area contributed by atoms with E-state index in [0.717, 1.165) is 17.7 Å². The summed E-state index contributed by atoms with van der Waals surface area (Å²) in [4.78, 5) is 29.3. The van der Waals surface area contributed by atoms with Crippen LogP contribution in [0.3, 0.4) is 0 Å². The van der Waals surface area contributed by atoms with Gasteiger partial charge in [0.2, 0.25) is 0 Å². The van der Waals surface area contributed by atoms with Crippen molar-refractivity contribution in [2.45, 2.75) is 52.7 Å². The number of hydrogen-bond acceptors (Lipinski definition) is 4. The van der Waals surface area contributed by atoms with Crippen LogP contribution in [0.5, 0.6) is 0 Å². The fraction of sp³-hybridized carbons (Fsp3) is 0.562. The standard InChI is InChI=1S/C16H23N3O3/c1-10-9-11(2)17-14-13(10)15(21)19(16(22)18(14)4)8-6-5-7-12(3)20/h9,12,20H,5-8H2,1-4H3. The zero-order chi connectivity index (χ0) is 16.4. The first kappa shape index (κ1) is 16.4. The van der Waals surface area contributed by atoms with E-state index in [1.807, 2.05) is 19.9 Å². The van der Waals surface area contributed by atoms with Gasteiger partial charge in [-0.1, -0.05) is 0 Å². The maximum atomic E-state index is 12.6. The Hall–Kier alpha value is -1.95. The predicted octanol–water partition coefficient (Wildman–Crippen LogP) is 1.26. The van der Waals surface area contributed by atoms with Crippen molar-refractivity contribution in [1.82, 2.24) is 14.1 Å². The molecular weight excluding hydrogens is 282 g/mol. The van der Waals surface area contributed by atoms with Crippen LogP contribution in [0, 0.1) is 13.8 Å². The highest BCUT2D eigenvalue weighted by Crippen LogP contribution is 2.12. The fourth-order valence-electron chi connectivity index (χ4n) is 2.72. The maximum Gasteiger partial charge on any atom is 0.332 e. The molecule has 6 heteroatoms. The molecule has 1 atom stereocenters. The Bertz CT molecular complexity index is 803. The van der Waals surface area contributed by atoms with E-state index in [4.69, 9.17) is 0 Å². The van der Waals surface area contributed by atoms with Crippen molar-refractivity contribution in [3.63, 3.8) is 0 Å². The molecule has 22 heavy (non-hydrogen) atoms. The molecule has 0 aromatic carbocycles. The van der Waals surface area contributed by atoms with Crippen LogP contribution in [0.25, 0.3) is 11.0 Å². The van der Waals surface area contributed by atoms with Gasteiger partial charge in [-0.3, -0.25) is 13.9 Å². The topological polar surface area (TPSA) is 77.1 Å². The molecule has 6 nitrogen and oxygen atoms in total. The molecule has 2 aromatic heterocycles. The molecule has 0 fully saturated rings. The Morgan fingerprint density at radius 1 is 1.27 bits per heavy atom. The van der Waals surface area contributed by atoms with Crippen LogP contribution in [0.2, 0.25) is 0 Å². The van der Waals surface area contributed by atoms with E-state index >= 15 is 0 Å². The van der Waals surface area contributed by atoms with Crippen molar-refractivity contribution in [3.8, 4) is 0 Å². The Morgan fingerprint density at radius 2 is 1.95 bits per heavy atom. The van der Waals surface area contributed by atoms with Crippen LogP contribution in [0.15, 0.2) is 15.7 Å². The van der Waals surface area contributed by atoms with Crippen LogP contribution in [-0.4, -0.2) is 25.3 Å². The van der Waals surface area contributed by atoms with E-state index in [9.17, 15) is 14.7 Å². The molecule has 2 rings (SSSR count). The molecule has 2 heterocycles. The molecule has 0 saturated carbocycles. The Kier molecular flexibility index (Phi) is 4.81. The number of aliphatic hydroxyl groups excluding tert-OH is 1. The van der Waals surface area contributed by atoms with Gasteiger partial charge in [0.25, 0.3) is 5.56 Å². The smallest absolute Gasteiger partial charge is 0.332 e. The second-order valence-electron chi connectivity index (χ2n) is 5.92. The van der Waals surface area contributed by atoms with Crippen molar-refractivity contribution in [3.05, 3.63) is 38.2 Å². The summed E-state index contributed by atoms with van der Waals surface area (Å²) >= 11 is 0. The molecule has 1 unspecified atom stereocenters. The average molecular weight is 305 g/mol. The van der Waals surface area contributed by atoms with Gasteiger partial charge in [-0.25, -0.2) is 9.78 Å². The number of pyridine rings is 1. The van der Waals surface area contributed by atoms with Crippen LogP contribution < -0.4 is 11.2 Å². The van der Waals surface area contributed by atoms with Crippen LogP contribution >= 0.6 is 0 Å². The largest absolute Gasteiger partial charge is 0.393 e. The quantitative estimate of drug-likeness (QED) is 0.844. The summed E-state index contributed by atoms with van der Waals surface area (Å²) in [7, 11) is 1.64. The summed E-state index contributed by atoms with van der Waals surface area (Å²) in [6, 6.07) is 1.85. The zero-order valence-corrected chi connectivity index (χ0v) is 13.6. The first-order chi connectivity index (χ1) is 10.3. The van der Waals surface area contributed by atoms with Gasteiger partial charge in [0, 0.05) is 19.3 Å². The minimum atomic E-state index is -0.356. The van der Waals surface area contributed by atoms with Crippen molar-refractivity contribution in [1.29, 1.82) is 0 Å². The van der Waals surface area contributed by atoms with Crippen molar-refractivity contribution < 1.29 is 5.11 Å². The number of aryl methyl sites for hydroxylation is 3. The second kappa shape index (κ2) is 6.44. The molecule has 1 N–H and O–H groups in total. The maximum absolute atomic E-state index is 12.6. The summed E-state index contributed by atoms with van der Waals surface area (Å²) in [5.41, 5.74) is 1.44. The summed E-state index contributed by atoms with van der Waals surface area (Å²) in [5.74, 6) is 0. The van der Waals surface area contributed by atoms with Gasteiger partial charge in [0.15, 0.2) is 0 Å². The molecule has 0 amide bonds. The lowest BCUT2D eigenvalue weighted by molar-refractivity contribution is 0.180. The fourth-order valence-corrected chi connectivity index (χ4v) is 2.72. The number of fused-ring (bicyclic) bond motifs is 1. The van der Waals surface area contributed by atoms with Gasteiger partial charge in [0.1, 0.15) is 5.65 Å². The number of nitrogens with zero attached hydrogens (tertiary/aromatic N) is 3. The van der Waals surface area contributed by atoms with Crippen LogP contribution in [0.4, 0.5) is 0 Å². The molecule has 0 bridgehead atoms. The summed E-state index contributed by atoms with van der Waals surface area (Å²) in [5, 5.41) is 9.77. The lowest BCUT2D eigenvalue weighted by Gasteiger charge is -2.12. The predicted molar refractivity (Wildman–Crippen MR) is 86.2 cm³/mol. The van der Waals surface area contributed by atoms with Crippen molar-refractivity contribution in [2.75, 3.05) is 0 Å². The summed E-state index contributed by atoms with van der Waals surface area (Å²) in [6.45, 7) is 5.80. The zero-order valence-electron chi connectivity index (χ0n) is 13.6.